The third kappa shape index (κ3) is 3.98. The minimum atomic E-state index is -3.52. The van der Waals surface area contributed by atoms with E-state index in [1.165, 1.54) is 17.4 Å². The number of likely N-dealkylation sites (tertiary alicyclic amines) is 1. The molecule has 1 aromatic heterocycles. The van der Waals surface area contributed by atoms with Crippen LogP contribution >= 0.6 is 11.3 Å². The van der Waals surface area contributed by atoms with Crippen LogP contribution in [0.1, 0.15) is 44.1 Å². The van der Waals surface area contributed by atoms with Gasteiger partial charge in [0.1, 0.15) is 10.0 Å². The van der Waals surface area contributed by atoms with Gasteiger partial charge in [-0.05, 0) is 43.2 Å². The van der Waals surface area contributed by atoms with Gasteiger partial charge in [-0.15, -0.1) is 11.3 Å². The summed E-state index contributed by atoms with van der Waals surface area (Å²) >= 11 is 1.19. The molecule has 1 saturated carbocycles. The van der Waals surface area contributed by atoms with Crippen molar-refractivity contribution in [3.8, 4) is 0 Å². The summed E-state index contributed by atoms with van der Waals surface area (Å²) in [4.78, 5) is 15.3. The van der Waals surface area contributed by atoms with Crippen molar-refractivity contribution < 1.29 is 17.6 Å². The number of nitrogens with zero attached hydrogens (tertiary/aromatic N) is 1. The summed E-state index contributed by atoms with van der Waals surface area (Å²) in [5.41, 5.74) is -0.280. The molecule has 4 rings (SSSR count). The Morgan fingerprint density at radius 2 is 1.79 bits per heavy atom. The summed E-state index contributed by atoms with van der Waals surface area (Å²) in [5.74, 6) is -0.332. The van der Waals surface area contributed by atoms with Gasteiger partial charge in [-0.25, -0.2) is 17.5 Å². The average Bonchev–Trinajstić information content (AvgIpc) is 3.41. The summed E-state index contributed by atoms with van der Waals surface area (Å²) in [7, 11) is -3.52. The van der Waals surface area contributed by atoms with E-state index in [4.69, 9.17) is 0 Å². The number of thiophene rings is 1. The van der Waals surface area contributed by atoms with Gasteiger partial charge in [-0.1, -0.05) is 37.1 Å². The molecule has 8 heteroatoms. The number of sulfonamides is 1. The van der Waals surface area contributed by atoms with Gasteiger partial charge in [0.2, 0.25) is 15.9 Å². The number of halogens is 1. The summed E-state index contributed by atoms with van der Waals surface area (Å²) in [6.07, 6.45) is 4.27. The normalized spacial score (nSPS) is 20.1. The van der Waals surface area contributed by atoms with Gasteiger partial charge >= 0.3 is 0 Å². The lowest BCUT2D eigenvalue weighted by Crippen LogP contribution is -2.52. The van der Waals surface area contributed by atoms with Crippen LogP contribution in [0.5, 0.6) is 0 Å². The lowest BCUT2D eigenvalue weighted by Gasteiger charge is -2.39. The van der Waals surface area contributed by atoms with E-state index in [0.717, 1.165) is 12.8 Å². The standard InChI is InChI=1S/C21H25FN2O3S2/c22-18-7-2-1-6-17(18)21(11-3-4-12-21)20(25)24-13-9-16(10-14-24)23-29(26,27)19-8-5-15-28-19/h1-2,5-8,15-16,23H,3-4,9-14H2. The second-order valence-electron chi connectivity index (χ2n) is 7.89. The number of rotatable bonds is 5. The minimum Gasteiger partial charge on any atom is -0.342 e. The molecule has 0 radical (unpaired) electrons. The number of hydrogen-bond acceptors (Lipinski definition) is 4. The molecule has 0 unspecified atom stereocenters. The zero-order valence-electron chi connectivity index (χ0n) is 16.1. The van der Waals surface area contributed by atoms with Gasteiger partial charge in [0, 0.05) is 24.7 Å². The van der Waals surface area contributed by atoms with Crippen LogP contribution in [-0.2, 0) is 20.2 Å². The molecule has 1 aliphatic carbocycles. The Hall–Kier alpha value is -1.77. The van der Waals surface area contributed by atoms with E-state index in [0.29, 0.717) is 48.5 Å². The Kier molecular flexibility index (Phi) is 5.77. The van der Waals surface area contributed by atoms with Crippen LogP contribution < -0.4 is 4.72 Å². The van der Waals surface area contributed by atoms with E-state index in [-0.39, 0.29) is 17.8 Å². The lowest BCUT2D eigenvalue weighted by atomic mass is 9.77. The monoisotopic (exact) mass is 436 g/mol. The molecule has 1 N–H and O–H groups in total. The number of nitrogens with one attached hydrogen (secondary N) is 1. The van der Waals surface area contributed by atoms with Crippen molar-refractivity contribution in [3.05, 3.63) is 53.2 Å². The van der Waals surface area contributed by atoms with E-state index < -0.39 is 15.4 Å². The van der Waals surface area contributed by atoms with E-state index in [1.54, 1.807) is 40.6 Å². The number of amides is 1. The highest BCUT2D eigenvalue weighted by Gasteiger charge is 2.47. The fourth-order valence-electron chi connectivity index (χ4n) is 4.62. The van der Waals surface area contributed by atoms with Gasteiger partial charge in [-0.3, -0.25) is 4.79 Å². The summed E-state index contributed by atoms with van der Waals surface area (Å²) in [6, 6.07) is 9.70. The summed E-state index contributed by atoms with van der Waals surface area (Å²) in [6.45, 7) is 0.958. The first-order chi connectivity index (χ1) is 13.9. The molecular weight excluding hydrogens is 411 g/mol. The van der Waals surface area contributed by atoms with Crippen molar-refractivity contribution >= 4 is 27.3 Å². The fraction of sp³-hybridized carbons (Fsp3) is 0.476. The number of piperidine rings is 1. The summed E-state index contributed by atoms with van der Waals surface area (Å²) in [5, 5.41) is 1.74. The maximum Gasteiger partial charge on any atom is 0.250 e. The molecule has 2 fully saturated rings. The zero-order valence-corrected chi connectivity index (χ0v) is 17.8. The molecule has 29 heavy (non-hydrogen) atoms. The van der Waals surface area contributed by atoms with Crippen molar-refractivity contribution in [1.82, 2.24) is 9.62 Å². The third-order valence-corrected chi connectivity index (χ3v) is 9.04. The van der Waals surface area contributed by atoms with Gasteiger partial charge in [0.15, 0.2) is 0 Å². The first-order valence-electron chi connectivity index (χ1n) is 10.0. The quantitative estimate of drug-likeness (QED) is 0.778. The first kappa shape index (κ1) is 20.5. The predicted molar refractivity (Wildman–Crippen MR) is 111 cm³/mol. The molecule has 1 saturated heterocycles. The second-order valence-corrected chi connectivity index (χ2v) is 10.8. The topological polar surface area (TPSA) is 66.5 Å². The van der Waals surface area contributed by atoms with Gasteiger partial charge in [-0.2, -0.15) is 0 Å². The van der Waals surface area contributed by atoms with Crippen LogP contribution in [-0.4, -0.2) is 38.4 Å². The van der Waals surface area contributed by atoms with Crippen molar-refractivity contribution in [3.63, 3.8) is 0 Å². The highest BCUT2D eigenvalue weighted by molar-refractivity contribution is 7.91. The lowest BCUT2D eigenvalue weighted by molar-refractivity contribution is -0.138. The molecule has 2 aromatic rings. The summed E-state index contributed by atoms with van der Waals surface area (Å²) < 4.78 is 42.5. The van der Waals surface area contributed by atoms with Crippen molar-refractivity contribution in [1.29, 1.82) is 0 Å². The molecule has 1 aliphatic heterocycles. The van der Waals surface area contributed by atoms with Crippen LogP contribution in [0, 0.1) is 5.82 Å². The fourth-order valence-corrected chi connectivity index (χ4v) is 6.94. The molecule has 1 aromatic carbocycles. The Bertz CT molecular complexity index is 962. The predicted octanol–water partition coefficient (Wildman–Crippen LogP) is 3.67. The molecule has 156 valence electrons. The maximum atomic E-state index is 14.5. The Morgan fingerprint density at radius 3 is 2.41 bits per heavy atom. The first-order valence-corrected chi connectivity index (χ1v) is 12.4. The van der Waals surface area contributed by atoms with Gasteiger partial charge < -0.3 is 4.90 Å². The number of carbonyl (C=O) groups excluding carboxylic acids is 1. The Labute approximate surface area is 175 Å². The SMILES string of the molecule is O=C(N1CCC(NS(=O)(=O)c2cccs2)CC1)C1(c2ccccc2F)CCCC1. The molecule has 1 amide bonds. The van der Waals surface area contributed by atoms with Crippen LogP contribution in [0.2, 0.25) is 0 Å². The van der Waals surface area contributed by atoms with Gasteiger partial charge in [0.05, 0.1) is 5.41 Å². The number of hydrogen-bond donors (Lipinski definition) is 1. The highest BCUT2D eigenvalue weighted by atomic mass is 32.2. The second kappa shape index (κ2) is 8.16. The van der Waals surface area contributed by atoms with Crippen molar-refractivity contribution in [2.24, 2.45) is 0 Å². The largest absolute Gasteiger partial charge is 0.342 e. The van der Waals surface area contributed by atoms with Crippen LogP contribution in [0.25, 0.3) is 0 Å². The minimum absolute atomic E-state index is 0.0142. The molecule has 0 spiro atoms. The molecule has 2 aliphatic rings. The average molecular weight is 437 g/mol. The highest BCUT2D eigenvalue weighted by Crippen LogP contribution is 2.44. The molecule has 5 nitrogen and oxygen atoms in total. The molecule has 0 atom stereocenters. The van der Waals surface area contributed by atoms with E-state index in [2.05, 4.69) is 4.72 Å². The van der Waals surface area contributed by atoms with Crippen molar-refractivity contribution in [2.75, 3.05) is 13.1 Å². The smallest absolute Gasteiger partial charge is 0.250 e. The Morgan fingerprint density at radius 1 is 1.10 bits per heavy atom. The maximum absolute atomic E-state index is 14.5. The Balaban J connectivity index is 1.45. The zero-order chi connectivity index (χ0) is 20.5. The number of benzene rings is 1. The van der Waals surface area contributed by atoms with Gasteiger partial charge in [0.25, 0.3) is 0 Å². The van der Waals surface area contributed by atoms with Crippen LogP contribution in [0.3, 0.4) is 0 Å². The van der Waals surface area contributed by atoms with Crippen LogP contribution in [0.4, 0.5) is 4.39 Å². The van der Waals surface area contributed by atoms with Crippen molar-refractivity contribution in [2.45, 2.75) is 54.2 Å². The van der Waals surface area contributed by atoms with E-state index in [1.807, 2.05) is 0 Å². The third-order valence-electron chi connectivity index (χ3n) is 6.12. The molecular formula is C21H25FN2O3S2. The van der Waals surface area contributed by atoms with Crippen LogP contribution in [0.15, 0.2) is 46.0 Å². The van der Waals surface area contributed by atoms with E-state index >= 15 is 0 Å². The number of carbonyl (C=O) groups is 1. The van der Waals surface area contributed by atoms with E-state index in [9.17, 15) is 17.6 Å². The molecule has 0 bridgehead atoms. The molecule has 2 heterocycles.